The van der Waals surface area contributed by atoms with E-state index in [0.717, 1.165) is 40.7 Å². The van der Waals surface area contributed by atoms with Gasteiger partial charge in [0.1, 0.15) is 16.6 Å². The Morgan fingerprint density at radius 1 is 1.43 bits per heavy atom. The third-order valence-corrected chi connectivity index (χ3v) is 6.11. The molecule has 0 amide bonds. The summed E-state index contributed by atoms with van der Waals surface area (Å²) in [6, 6.07) is 1.88. The molecule has 0 saturated heterocycles. The molecule has 3 rings (SSSR count). The van der Waals surface area contributed by atoms with Gasteiger partial charge in [0.25, 0.3) is 5.56 Å². The second-order valence-corrected chi connectivity index (χ2v) is 7.67. The predicted octanol–water partition coefficient (Wildman–Crippen LogP) is 3.14. The number of esters is 1. The van der Waals surface area contributed by atoms with Crippen LogP contribution in [0.3, 0.4) is 0 Å². The standard InChI is InChI=1S/C20H21N3O4S/c1-4-27-20(26)16-12-7-5-6-8-15(12)28-17(16)22-10-14-11(2)13(9-21)18(24)23(3)19(14)25/h10,25H,4-8H2,1-3H3/b22-10+. The number of aromatic nitrogens is 1. The lowest BCUT2D eigenvalue weighted by atomic mass is 9.95. The summed E-state index contributed by atoms with van der Waals surface area (Å²) < 4.78 is 6.23. The van der Waals surface area contributed by atoms with E-state index in [-0.39, 0.29) is 23.6 Å². The molecule has 2 heterocycles. The Labute approximate surface area is 166 Å². The number of nitriles is 1. The molecule has 8 heteroatoms. The number of rotatable bonds is 4. The molecule has 0 bridgehead atoms. The second-order valence-electron chi connectivity index (χ2n) is 6.58. The van der Waals surface area contributed by atoms with Gasteiger partial charge < -0.3 is 9.84 Å². The zero-order chi connectivity index (χ0) is 20.4. The number of carbonyl (C=O) groups excluding carboxylic acids is 1. The van der Waals surface area contributed by atoms with Gasteiger partial charge in [-0.3, -0.25) is 9.36 Å². The highest BCUT2D eigenvalue weighted by atomic mass is 32.1. The van der Waals surface area contributed by atoms with E-state index >= 15 is 0 Å². The maximum atomic E-state index is 12.5. The first-order valence-electron chi connectivity index (χ1n) is 9.09. The van der Waals surface area contributed by atoms with Gasteiger partial charge in [0.05, 0.1) is 17.7 Å². The van der Waals surface area contributed by atoms with Crippen LogP contribution in [0.25, 0.3) is 0 Å². The van der Waals surface area contributed by atoms with E-state index < -0.39 is 11.5 Å². The van der Waals surface area contributed by atoms with E-state index in [1.807, 2.05) is 6.07 Å². The number of aryl methyl sites for hydroxylation is 1. The van der Waals surface area contributed by atoms with Crippen LogP contribution in [0.1, 0.15) is 57.3 Å². The molecule has 0 spiro atoms. The van der Waals surface area contributed by atoms with Crippen molar-refractivity contribution in [3.8, 4) is 11.9 Å². The van der Waals surface area contributed by atoms with Gasteiger partial charge in [0, 0.05) is 18.1 Å². The first kappa shape index (κ1) is 19.8. The van der Waals surface area contributed by atoms with Gasteiger partial charge >= 0.3 is 5.97 Å². The highest BCUT2D eigenvalue weighted by molar-refractivity contribution is 7.16. The van der Waals surface area contributed by atoms with Crippen molar-refractivity contribution in [2.45, 2.75) is 39.5 Å². The molecular formula is C20H21N3O4S. The minimum atomic E-state index is -0.562. The number of nitrogens with zero attached hydrogens (tertiary/aromatic N) is 3. The van der Waals surface area contributed by atoms with Gasteiger partial charge in [0.2, 0.25) is 5.88 Å². The third kappa shape index (κ3) is 3.34. The number of ether oxygens (including phenoxy) is 1. The molecular weight excluding hydrogens is 378 g/mol. The normalized spacial score (nSPS) is 13.4. The minimum Gasteiger partial charge on any atom is -0.494 e. The van der Waals surface area contributed by atoms with Gasteiger partial charge in [-0.25, -0.2) is 9.79 Å². The molecule has 0 fully saturated rings. The molecule has 0 radical (unpaired) electrons. The van der Waals surface area contributed by atoms with Crippen molar-refractivity contribution in [1.82, 2.24) is 4.57 Å². The summed E-state index contributed by atoms with van der Waals surface area (Å²) in [7, 11) is 1.39. The van der Waals surface area contributed by atoms with Gasteiger partial charge in [-0.15, -0.1) is 11.3 Å². The molecule has 0 aromatic carbocycles. The molecule has 0 saturated carbocycles. The summed E-state index contributed by atoms with van der Waals surface area (Å²) in [6.45, 7) is 3.63. The van der Waals surface area contributed by atoms with E-state index in [1.165, 1.54) is 24.6 Å². The lowest BCUT2D eigenvalue weighted by Crippen LogP contribution is -2.22. The number of carbonyl (C=O) groups is 1. The number of hydrogen-bond donors (Lipinski definition) is 1. The van der Waals surface area contributed by atoms with Crippen LogP contribution in [-0.4, -0.2) is 28.5 Å². The van der Waals surface area contributed by atoms with Crippen molar-refractivity contribution in [3.63, 3.8) is 0 Å². The third-order valence-electron chi connectivity index (χ3n) is 4.91. The van der Waals surface area contributed by atoms with Crippen LogP contribution >= 0.6 is 11.3 Å². The van der Waals surface area contributed by atoms with Crippen molar-refractivity contribution in [1.29, 1.82) is 5.26 Å². The quantitative estimate of drug-likeness (QED) is 0.628. The van der Waals surface area contributed by atoms with Crippen molar-refractivity contribution in [3.05, 3.63) is 43.0 Å². The number of pyridine rings is 1. The van der Waals surface area contributed by atoms with E-state index in [1.54, 1.807) is 13.8 Å². The Morgan fingerprint density at radius 3 is 2.82 bits per heavy atom. The van der Waals surface area contributed by atoms with Gasteiger partial charge in [-0.05, 0) is 50.7 Å². The van der Waals surface area contributed by atoms with Crippen molar-refractivity contribution in [2.24, 2.45) is 12.0 Å². The zero-order valence-corrected chi connectivity index (χ0v) is 16.9. The van der Waals surface area contributed by atoms with Crippen molar-refractivity contribution >= 4 is 28.5 Å². The first-order valence-corrected chi connectivity index (χ1v) is 9.90. The number of thiophene rings is 1. The van der Waals surface area contributed by atoms with E-state index in [0.29, 0.717) is 16.1 Å². The fourth-order valence-electron chi connectivity index (χ4n) is 3.37. The Balaban J connectivity index is 2.13. The molecule has 0 atom stereocenters. The fourth-order valence-corrected chi connectivity index (χ4v) is 4.59. The Kier molecular flexibility index (Phi) is 5.66. The maximum absolute atomic E-state index is 12.5. The summed E-state index contributed by atoms with van der Waals surface area (Å²) in [6.07, 6.45) is 5.23. The van der Waals surface area contributed by atoms with Crippen LogP contribution in [0.2, 0.25) is 0 Å². The molecule has 7 nitrogen and oxygen atoms in total. The summed E-state index contributed by atoms with van der Waals surface area (Å²) >= 11 is 1.45. The summed E-state index contributed by atoms with van der Waals surface area (Å²) in [5.41, 5.74) is 1.51. The molecule has 28 heavy (non-hydrogen) atoms. The number of aromatic hydroxyl groups is 1. The molecule has 146 valence electrons. The largest absolute Gasteiger partial charge is 0.494 e. The molecule has 0 aliphatic heterocycles. The molecule has 1 N–H and O–H groups in total. The Morgan fingerprint density at radius 2 is 2.14 bits per heavy atom. The molecule has 2 aromatic heterocycles. The lowest BCUT2D eigenvalue weighted by Gasteiger charge is -2.12. The smallest absolute Gasteiger partial charge is 0.341 e. The van der Waals surface area contributed by atoms with Gasteiger partial charge in [-0.1, -0.05) is 0 Å². The van der Waals surface area contributed by atoms with Crippen LogP contribution in [0.5, 0.6) is 5.88 Å². The number of hydrogen-bond acceptors (Lipinski definition) is 7. The summed E-state index contributed by atoms with van der Waals surface area (Å²) in [4.78, 5) is 30.2. The Hall–Kier alpha value is -2.92. The van der Waals surface area contributed by atoms with Crippen LogP contribution in [-0.2, 0) is 24.6 Å². The van der Waals surface area contributed by atoms with Crippen LogP contribution in [0, 0.1) is 18.3 Å². The van der Waals surface area contributed by atoms with Gasteiger partial charge in [-0.2, -0.15) is 5.26 Å². The average Bonchev–Trinajstić information content (AvgIpc) is 3.05. The number of fused-ring (bicyclic) bond motifs is 1. The highest BCUT2D eigenvalue weighted by Gasteiger charge is 2.26. The summed E-state index contributed by atoms with van der Waals surface area (Å²) in [5.74, 6) is -0.669. The Bertz CT molecular complexity index is 1070. The molecule has 0 unspecified atom stereocenters. The lowest BCUT2D eigenvalue weighted by molar-refractivity contribution is 0.0526. The van der Waals surface area contributed by atoms with Crippen LogP contribution in [0.4, 0.5) is 5.00 Å². The van der Waals surface area contributed by atoms with E-state index in [2.05, 4.69) is 4.99 Å². The average molecular weight is 399 g/mol. The fraction of sp³-hybridized carbons (Fsp3) is 0.400. The molecule has 1 aliphatic rings. The van der Waals surface area contributed by atoms with E-state index in [4.69, 9.17) is 4.74 Å². The predicted molar refractivity (Wildman–Crippen MR) is 107 cm³/mol. The zero-order valence-electron chi connectivity index (χ0n) is 16.0. The monoisotopic (exact) mass is 399 g/mol. The minimum absolute atomic E-state index is 0.0437. The van der Waals surface area contributed by atoms with Crippen molar-refractivity contribution in [2.75, 3.05) is 6.61 Å². The molecule has 2 aromatic rings. The topological polar surface area (TPSA) is 105 Å². The van der Waals surface area contributed by atoms with Gasteiger partial charge in [0.15, 0.2) is 0 Å². The molecule has 1 aliphatic carbocycles. The van der Waals surface area contributed by atoms with E-state index in [9.17, 15) is 20.0 Å². The van der Waals surface area contributed by atoms with Crippen LogP contribution < -0.4 is 5.56 Å². The summed E-state index contributed by atoms with van der Waals surface area (Å²) in [5, 5.41) is 20.1. The highest BCUT2D eigenvalue weighted by Crippen LogP contribution is 2.40. The first-order chi connectivity index (χ1) is 13.4. The number of aliphatic imine (C=N–C) groups is 1. The SMILES string of the molecule is CCOC(=O)c1c(/N=C/c2c(C)c(C#N)c(=O)n(C)c2O)sc2c1CCCC2. The second kappa shape index (κ2) is 7.98. The van der Waals surface area contributed by atoms with Crippen molar-refractivity contribution < 1.29 is 14.6 Å². The maximum Gasteiger partial charge on any atom is 0.341 e. The van der Waals surface area contributed by atoms with Crippen LogP contribution in [0.15, 0.2) is 9.79 Å².